The number of benzene rings is 3. The molecule has 0 aliphatic heterocycles. The summed E-state index contributed by atoms with van der Waals surface area (Å²) in [7, 11) is 1.55. The van der Waals surface area contributed by atoms with Gasteiger partial charge in [0.25, 0.3) is 0 Å². The van der Waals surface area contributed by atoms with Gasteiger partial charge in [-0.1, -0.05) is 77.4 Å². The molecule has 0 unspecified atom stereocenters. The van der Waals surface area contributed by atoms with Crippen LogP contribution in [0.15, 0.2) is 71.9 Å². The van der Waals surface area contributed by atoms with E-state index < -0.39 is 0 Å². The van der Waals surface area contributed by atoms with E-state index in [1.807, 2.05) is 12.1 Å². The van der Waals surface area contributed by atoms with Crippen molar-refractivity contribution in [2.45, 2.75) is 20.3 Å². The summed E-state index contributed by atoms with van der Waals surface area (Å²) >= 11 is 0. The first kappa shape index (κ1) is 17.0. The van der Waals surface area contributed by atoms with E-state index in [1.54, 1.807) is 13.3 Å². The van der Waals surface area contributed by atoms with Gasteiger partial charge in [-0.2, -0.15) is 0 Å². The summed E-state index contributed by atoms with van der Waals surface area (Å²) in [6, 6.07) is 23.8. The fourth-order valence-corrected chi connectivity index (χ4v) is 2.90. The third kappa shape index (κ3) is 4.36. The number of hydrogen-bond acceptors (Lipinski definition) is 2. The molecule has 0 saturated heterocycles. The largest absolute Gasteiger partial charge is 0.399 e. The molecule has 2 nitrogen and oxygen atoms in total. The van der Waals surface area contributed by atoms with Gasteiger partial charge in [-0.15, -0.1) is 0 Å². The van der Waals surface area contributed by atoms with Crippen LogP contribution in [-0.4, -0.2) is 13.3 Å². The Bertz CT molecular complexity index is 862. The van der Waals surface area contributed by atoms with E-state index in [9.17, 15) is 0 Å². The lowest BCUT2D eigenvalue weighted by molar-refractivity contribution is 0.215. The normalized spacial score (nSPS) is 11.0. The van der Waals surface area contributed by atoms with Gasteiger partial charge in [0.1, 0.15) is 7.11 Å². The van der Waals surface area contributed by atoms with E-state index >= 15 is 0 Å². The molecule has 0 fully saturated rings. The van der Waals surface area contributed by atoms with Crippen LogP contribution < -0.4 is 0 Å². The second-order valence-corrected chi connectivity index (χ2v) is 6.34. The zero-order chi connectivity index (χ0) is 17.6. The minimum absolute atomic E-state index is 0.972. The monoisotopic (exact) mass is 329 g/mol. The Morgan fingerprint density at radius 1 is 0.840 bits per heavy atom. The Kier molecular flexibility index (Phi) is 5.30. The Morgan fingerprint density at radius 2 is 1.48 bits per heavy atom. The van der Waals surface area contributed by atoms with Gasteiger partial charge in [0.15, 0.2) is 0 Å². The standard InChI is InChI=1S/C23H23NO/c1-17-4-5-18(2)23(14-17)15-19-6-10-21(11-7-19)22-12-8-20(9-13-22)16-24-25-3/h4-14,16H,15H2,1-3H3/b24-16+. The van der Waals surface area contributed by atoms with Gasteiger partial charge < -0.3 is 4.84 Å². The smallest absolute Gasteiger partial charge is 0.106 e. The number of aryl methyl sites for hydroxylation is 2. The van der Waals surface area contributed by atoms with Gasteiger partial charge in [0.05, 0.1) is 6.21 Å². The lowest BCUT2D eigenvalue weighted by Crippen LogP contribution is -1.93. The van der Waals surface area contributed by atoms with Crippen molar-refractivity contribution in [2.75, 3.05) is 7.11 Å². The van der Waals surface area contributed by atoms with E-state index in [1.165, 1.54) is 33.4 Å². The zero-order valence-corrected chi connectivity index (χ0v) is 15.0. The van der Waals surface area contributed by atoms with Crippen molar-refractivity contribution >= 4 is 6.21 Å². The van der Waals surface area contributed by atoms with Crippen LogP contribution in [0, 0.1) is 13.8 Å². The molecule has 126 valence electrons. The van der Waals surface area contributed by atoms with Crippen LogP contribution in [0.5, 0.6) is 0 Å². The Balaban J connectivity index is 1.75. The molecule has 3 aromatic rings. The summed E-state index contributed by atoms with van der Waals surface area (Å²) in [4.78, 5) is 4.71. The third-order valence-electron chi connectivity index (χ3n) is 4.40. The highest BCUT2D eigenvalue weighted by molar-refractivity contribution is 5.80. The van der Waals surface area contributed by atoms with Gasteiger partial charge >= 0.3 is 0 Å². The molecular formula is C23H23NO. The molecule has 0 atom stereocenters. The molecule has 0 aliphatic rings. The van der Waals surface area contributed by atoms with Gasteiger partial charge in [0.2, 0.25) is 0 Å². The fourth-order valence-electron chi connectivity index (χ4n) is 2.90. The Labute approximate surface area is 149 Å². The summed E-state index contributed by atoms with van der Waals surface area (Å²) in [5.74, 6) is 0. The van der Waals surface area contributed by atoms with Crippen molar-refractivity contribution in [3.05, 3.63) is 94.5 Å². The molecule has 3 aromatic carbocycles. The molecule has 0 N–H and O–H groups in total. The molecule has 0 radical (unpaired) electrons. The Morgan fingerprint density at radius 3 is 2.12 bits per heavy atom. The lowest BCUT2D eigenvalue weighted by atomic mass is 9.97. The van der Waals surface area contributed by atoms with Gasteiger partial charge in [-0.25, -0.2) is 0 Å². The van der Waals surface area contributed by atoms with Gasteiger partial charge in [-0.3, -0.25) is 0 Å². The maximum atomic E-state index is 4.71. The molecule has 2 heteroatoms. The summed E-state index contributed by atoms with van der Waals surface area (Å²) in [5.41, 5.74) is 8.85. The molecule has 25 heavy (non-hydrogen) atoms. The minimum atomic E-state index is 0.972. The zero-order valence-electron chi connectivity index (χ0n) is 15.0. The average Bonchev–Trinajstić information content (AvgIpc) is 2.64. The summed E-state index contributed by atoms with van der Waals surface area (Å²) in [5, 5.41) is 3.78. The number of oxime groups is 1. The van der Waals surface area contributed by atoms with E-state index in [-0.39, 0.29) is 0 Å². The molecule has 0 amide bonds. The van der Waals surface area contributed by atoms with Gasteiger partial charge in [0, 0.05) is 0 Å². The van der Waals surface area contributed by atoms with Crippen molar-refractivity contribution < 1.29 is 4.84 Å². The van der Waals surface area contributed by atoms with Crippen molar-refractivity contribution in [2.24, 2.45) is 5.16 Å². The summed E-state index contributed by atoms with van der Waals surface area (Å²) < 4.78 is 0. The highest BCUT2D eigenvalue weighted by Gasteiger charge is 2.03. The first-order valence-corrected chi connectivity index (χ1v) is 8.48. The Hall–Kier alpha value is -2.87. The summed E-state index contributed by atoms with van der Waals surface area (Å²) in [6.45, 7) is 4.32. The van der Waals surface area contributed by atoms with Crippen molar-refractivity contribution in [3.8, 4) is 11.1 Å². The van der Waals surface area contributed by atoms with Crippen LogP contribution in [0.25, 0.3) is 11.1 Å². The molecule has 0 aromatic heterocycles. The van der Waals surface area contributed by atoms with Crippen LogP contribution in [0.2, 0.25) is 0 Å². The molecule has 3 rings (SSSR count). The second-order valence-electron chi connectivity index (χ2n) is 6.34. The van der Waals surface area contributed by atoms with Crippen LogP contribution in [0.3, 0.4) is 0 Å². The van der Waals surface area contributed by atoms with E-state index in [0.717, 1.165) is 12.0 Å². The highest BCUT2D eigenvalue weighted by atomic mass is 16.6. The molecule has 0 aliphatic carbocycles. The van der Waals surface area contributed by atoms with Crippen molar-refractivity contribution in [1.29, 1.82) is 0 Å². The topological polar surface area (TPSA) is 21.6 Å². The van der Waals surface area contributed by atoms with Crippen molar-refractivity contribution in [1.82, 2.24) is 0 Å². The molecule has 0 heterocycles. The minimum Gasteiger partial charge on any atom is -0.399 e. The van der Waals surface area contributed by atoms with Crippen LogP contribution in [0.1, 0.15) is 27.8 Å². The summed E-state index contributed by atoms with van der Waals surface area (Å²) in [6.07, 6.45) is 2.68. The maximum Gasteiger partial charge on any atom is 0.106 e. The predicted molar refractivity (Wildman–Crippen MR) is 105 cm³/mol. The van der Waals surface area contributed by atoms with Crippen LogP contribution in [-0.2, 0) is 11.3 Å². The van der Waals surface area contributed by atoms with E-state index in [0.29, 0.717) is 0 Å². The molecule has 0 bridgehead atoms. The van der Waals surface area contributed by atoms with Crippen LogP contribution >= 0.6 is 0 Å². The second kappa shape index (κ2) is 7.80. The van der Waals surface area contributed by atoms with Crippen molar-refractivity contribution in [3.63, 3.8) is 0 Å². The molecular weight excluding hydrogens is 306 g/mol. The molecule has 0 spiro atoms. The number of rotatable bonds is 5. The quantitative estimate of drug-likeness (QED) is 0.445. The lowest BCUT2D eigenvalue weighted by Gasteiger charge is -2.09. The highest BCUT2D eigenvalue weighted by Crippen LogP contribution is 2.22. The molecule has 0 saturated carbocycles. The number of hydrogen-bond donors (Lipinski definition) is 0. The maximum absolute atomic E-state index is 4.71. The third-order valence-corrected chi connectivity index (χ3v) is 4.40. The SMILES string of the molecule is CO/N=C/c1ccc(-c2ccc(Cc3cc(C)ccc3C)cc2)cc1. The fraction of sp³-hybridized carbons (Fsp3) is 0.174. The first-order chi connectivity index (χ1) is 12.2. The predicted octanol–water partition coefficient (Wildman–Crippen LogP) is 5.54. The van der Waals surface area contributed by atoms with Crippen LogP contribution in [0.4, 0.5) is 0 Å². The number of nitrogens with zero attached hydrogens (tertiary/aromatic N) is 1. The van der Waals surface area contributed by atoms with Gasteiger partial charge in [-0.05, 0) is 53.6 Å². The first-order valence-electron chi connectivity index (χ1n) is 8.48. The van der Waals surface area contributed by atoms with E-state index in [2.05, 4.69) is 73.6 Å². The van der Waals surface area contributed by atoms with E-state index in [4.69, 9.17) is 4.84 Å². The average molecular weight is 329 g/mol.